The lowest BCUT2D eigenvalue weighted by atomic mass is 9.72. The highest BCUT2D eigenvalue weighted by atomic mass is 16.6. The summed E-state index contributed by atoms with van der Waals surface area (Å²) in [7, 11) is 0. The fourth-order valence-corrected chi connectivity index (χ4v) is 3.95. The summed E-state index contributed by atoms with van der Waals surface area (Å²) in [6.07, 6.45) is 1.27. The monoisotopic (exact) mass is 278 g/mol. The molecule has 5 atom stereocenters. The zero-order valence-corrected chi connectivity index (χ0v) is 11.5. The van der Waals surface area contributed by atoms with Gasteiger partial charge in [-0.3, -0.25) is 4.79 Å². The Labute approximate surface area is 116 Å². The molecule has 0 aromatic heterocycles. The van der Waals surface area contributed by atoms with E-state index in [2.05, 4.69) is 6.58 Å². The third-order valence-electron chi connectivity index (χ3n) is 5.04. The van der Waals surface area contributed by atoms with Crippen LogP contribution in [0.25, 0.3) is 0 Å². The molecule has 0 aromatic carbocycles. The minimum absolute atomic E-state index is 0.309. The number of allylic oxidation sites excluding steroid dienone is 1. The molecule has 0 spiro atoms. The summed E-state index contributed by atoms with van der Waals surface area (Å²) in [4.78, 5) is 23.9. The molecular formula is C15H18O5. The minimum atomic E-state index is -1.64. The number of ether oxygens (including phenoxy) is 1. The number of carbonyl (C=O) groups is 2. The van der Waals surface area contributed by atoms with Gasteiger partial charge in [-0.2, -0.15) is 0 Å². The summed E-state index contributed by atoms with van der Waals surface area (Å²) in [6, 6.07) is 0. The number of hydrogen-bond donors (Lipinski definition) is 2. The van der Waals surface area contributed by atoms with E-state index in [0.29, 0.717) is 24.0 Å². The largest absolute Gasteiger partial charge is 0.455 e. The van der Waals surface area contributed by atoms with Crippen LogP contribution in [0.1, 0.15) is 26.7 Å². The van der Waals surface area contributed by atoms with Crippen molar-refractivity contribution in [3.05, 3.63) is 23.8 Å². The van der Waals surface area contributed by atoms with Gasteiger partial charge < -0.3 is 14.9 Å². The molecule has 1 heterocycles. The molecule has 0 unspecified atom stereocenters. The van der Waals surface area contributed by atoms with Crippen LogP contribution in [0, 0.1) is 11.8 Å². The number of esters is 1. The normalized spacial score (nSPS) is 47.5. The Hall–Kier alpha value is -1.46. The highest BCUT2D eigenvalue weighted by Crippen LogP contribution is 2.53. The van der Waals surface area contributed by atoms with Gasteiger partial charge in [-0.25, -0.2) is 4.79 Å². The first-order valence-electron chi connectivity index (χ1n) is 6.76. The van der Waals surface area contributed by atoms with Gasteiger partial charge in [0.15, 0.2) is 5.78 Å². The van der Waals surface area contributed by atoms with Crippen LogP contribution in [0.5, 0.6) is 0 Å². The lowest BCUT2D eigenvalue weighted by Gasteiger charge is -2.40. The first kappa shape index (κ1) is 13.5. The first-order valence-corrected chi connectivity index (χ1v) is 6.76. The molecule has 1 aliphatic heterocycles. The molecule has 5 nitrogen and oxygen atoms in total. The maximum atomic E-state index is 12.2. The van der Waals surface area contributed by atoms with Crippen molar-refractivity contribution in [3.63, 3.8) is 0 Å². The topological polar surface area (TPSA) is 83.8 Å². The molecule has 2 fully saturated rings. The van der Waals surface area contributed by atoms with Crippen molar-refractivity contribution in [1.82, 2.24) is 0 Å². The number of ketones is 1. The van der Waals surface area contributed by atoms with Gasteiger partial charge in [0.05, 0.1) is 11.5 Å². The zero-order valence-electron chi connectivity index (χ0n) is 11.5. The molecule has 0 aromatic rings. The predicted octanol–water partition coefficient (Wildman–Crippen LogP) is 0.505. The Bertz CT molecular complexity index is 559. The molecule has 108 valence electrons. The summed E-state index contributed by atoms with van der Waals surface area (Å²) in [5.74, 6) is -2.20. The summed E-state index contributed by atoms with van der Waals surface area (Å²) < 4.78 is 5.29. The predicted molar refractivity (Wildman–Crippen MR) is 69.6 cm³/mol. The van der Waals surface area contributed by atoms with Crippen LogP contribution in [0.4, 0.5) is 0 Å². The second kappa shape index (κ2) is 3.80. The summed E-state index contributed by atoms with van der Waals surface area (Å²) in [5, 5.41) is 21.7. The Morgan fingerprint density at radius 1 is 1.40 bits per heavy atom. The van der Waals surface area contributed by atoms with Gasteiger partial charge in [0, 0.05) is 11.5 Å². The van der Waals surface area contributed by atoms with E-state index in [1.54, 1.807) is 13.8 Å². The van der Waals surface area contributed by atoms with E-state index in [-0.39, 0.29) is 11.7 Å². The van der Waals surface area contributed by atoms with Crippen molar-refractivity contribution in [2.75, 3.05) is 0 Å². The van der Waals surface area contributed by atoms with Crippen molar-refractivity contribution < 1.29 is 24.5 Å². The van der Waals surface area contributed by atoms with Gasteiger partial charge in [-0.15, -0.1) is 0 Å². The highest BCUT2D eigenvalue weighted by Gasteiger charge is 2.65. The molecule has 1 saturated heterocycles. The van der Waals surface area contributed by atoms with Crippen molar-refractivity contribution in [2.45, 2.75) is 44.0 Å². The van der Waals surface area contributed by atoms with Gasteiger partial charge in [-0.1, -0.05) is 6.58 Å². The molecule has 2 aliphatic carbocycles. The Balaban J connectivity index is 2.17. The lowest BCUT2D eigenvalue weighted by molar-refractivity contribution is -0.168. The summed E-state index contributed by atoms with van der Waals surface area (Å²) >= 11 is 0. The molecule has 0 amide bonds. The molecule has 2 N–H and O–H groups in total. The second-order valence-corrected chi connectivity index (χ2v) is 6.34. The summed E-state index contributed by atoms with van der Waals surface area (Å²) in [5.41, 5.74) is -2.23. The average molecular weight is 278 g/mol. The zero-order chi connectivity index (χ0) is 14.9. The Morgan fingerprint density at radius 2 is 2.05 bits per heavy atom. The van der Waals surface area contributed by atoms with E-state index in [1.807, 2.05) is 0 Å². The van der Waals surface area contributed by atoms with E-state index in [4.69, 9.17) is 4.74 Å². The van der Waals surface area contributed by atoms with Gasteiger partial charge in [0.25, 0.3) is 0 Å². The second-order valence-electron chi connectivity index (χ2n) is 6.34. The lowest BCUT2D eigenvalue weighted by Crippen LogP contribution is -2.56. The minimum Gasteiger partial charge on any atom is -0.455 e. The van der Waals surface area contributed by atoms with Gasteiger partial charge in [0.2, 0.25) is 0 Å². The smallest absolute Gasteiger partial charge is 0.334 e. The Kier molecular flexibility index (Phi) is 2.57. The molecule has 0 bridgehead atoms. The van der Waals surface area contributed by atoms with Crippen molar-refractivity contribution >= 4 is 11.8 Å². The van der Waals surface area contributed by atoms with Gasteiger partial charge in [0.1, 0.15) is 11.7 Å². The fourth-order valence-electron chi connectivity index (χ4n) is 3.95. The standard InChI is InChI=1S/C15H18O5/c1-7-6-10(16)11-14(3,18)5-4-9-8(2)13(17)20-12(9)15(7,11)19/h6,9,11-12,18-19H,2,4-5H2,1,3H3/t9-,11-,12-,14+,15-/m0/s1. The highest BCUT2D eigenvalue weighted by molar-refractivity contribution is 5.99. The average Bonchev–Trinajstić information content (AvgIpc) is 2.71. The Morgan fingerprint density at radius 3 is 2.70 bits per heavy atom. The van der Waals surface area contributed by atoms with Crippen molar-refractivity contribution in [3.8, 4) is 0 Å². The number of rotatable bonds is 0. The maximum absolute atomic E-state index is 12.2. The number of aliphatic hydroxyl groups is 2. The van der Waals surface area contributed by atoms with Gasteiger partial charge >= 0.3 is 5.97 Å². The maximum Gasteiger partial charge on any atom is 0.334 e. The molecular weight excluding hydrogens is 260 g/mol. The number of hydrogen-bond acceptors (Lipinski definition) is 5. The van der Waals surface area contributed by atoms with E-state index in [9.17, 15) is 19.8 Å². The molecule has 3 rings (SSSR count). The molecule has 0 radical (unpaired) electrons. The summed E-state index contributed by atoms with van der Waals surface area (Å²) in [6.45, 7) is 6.91. The van der Waals surface area contributed by atoms with Crippen LogP contribution in [0.3, 0.4) is 0 Å². The van der Waals surface area contributed by atoms with E-state index < -0.39 is 29.2 Å². The number of carbonyl (C=O) groups excluding carboxylic acids is 2. The quantitative estimate of drug-likeness (QED) is 0.498. The fraction of sp³-hybridized carbons (Fsp3) is 0.600. The van der Waals surface area contributed by atoms with Crippen molar-refractivity contribution in [2.24, 2.45) is 11.8 Å². The first-order chi connectivity index (χ1) is 9.19. The molecule has 20 heavy (non-hydrogen) atoms. The SMILES string of the molecule is C=C1C(=O)O[C@H]2[C@H]1CC[C@@](C)(O)[C@@H]1C(=O)C=C(C)[C@]12O. The van der Waals surface area contributed by atoms with Crippen LogP contribution in [-0.4, -0.2) is 39.3 Å². The molecule has 5 heteroatoms. The molecule has 3 aliphatic rings. The molecule has 1 saturated carbocycles. The van der Waals surface area contributed by atoms with Crippen LogP contribution < -0.4 is 0 Å². The van der Waals surface area contributed by atoms with E-state index >= 15 is 0 Å². The third-order valence-corrected chi connectivity index (χ3v) is 5.04. The van der Waals surface area contributed by atoms with Crippen LogP contribution >= 0.6 is 0 Å². The van der Waals surface area contributed by atoms with Gasteiger partial charge in [-0.05, 0) is 38.3 Å². The van der Waals surface area contributed by atoms with Crippen LogP contribution in [0.2, 0.25) is 0 Å². The van der Waals surface area contributed by atoms with Crippen molar-refractivity contribution in [1.29, 1.82) is 0 Å². The number of fused-ring (bicyclic) bond motifs is 3. The third kappa shape index (κ3) is 1.45. The van der Waals surface area contributed by atoms with E-state index in [1.165, 1.54) is 6.08 Å². The van der Waals surface area contributed by atoms with Crippen LogP contribution in [-0.2, 0) is 14.3 Å². The van der Waals surface area contributed by atoms with Crippen LogP contribution in [0.15, 0.2) is 23.8 Å². The van der Waals surface area contributed by atoms with E-state index in [0.717, 1.165) is 0 Å².